The summed E-state index contributed by atoms with van der Waals surface area (Å²) < 4.78 is 1.96. The predicted octanol–water partition coefficient (Wildman–Crippen LogP) is 3.41. The first-order chi connectivity index (χ1) is 7.34. The summed E-state index contributed by atoms with van der Waals surface area (Å²) in [5.41, 5.74) is 1.41. The van der Waals surface area contributed by atoms with Crippen LogP contribution >= 0.6 is 24.4 Å². The van der Waals surface area contributed by atoms with E-state index in [1.807, 2.05) is 30.4 Å². The van der Waals surface area contributed by atoms with Gasteiger partial charge in [0, 0.05) is 12.8 Å². The number of thioether (sulfide) groups is 1. The van der Waals surface area contributed by atoms with E-state index in [0.29, 0.717) is 11.3 Å². The number of aryl methyl sites for hydroxylation is 2. The topological polar surface area (TPSA) is 17.8 Å². The van der Waals surface area contributed by atoms with Crippen LogP contribution in [0.15, 0.2) is 11.1 Å². The molecule has 92 valence electrons. The molecule has 0 saturated heterocycles. The Morgan fingerprint density at radius 1 is 1.50 bits per heavy atom. The Bertz CT molecular complexity index is 339. The van der Waals surface area contributed by atoms with E-state index in [1.54, 1.807) is 0 Å². The van der Waals surface area contributed by atoms with Crippen molar-refractivity contribution < 1.29 is 0 Å². The largest absolute Gasteiger partial charge is 0.262 e. The Hall–Kier alpha value is -0.0900. The monoisotopic (exact) mass is 258 g/mol. The average molecular weight is 258 g/mol. The zero-order valence-corrected chi connectivity index (χ0v) is 12.5. The molecule has 0 aliphatic rings. The number of nitrogens with zero attached hydrogens (tertiary/aromatic N) is 2. The highest BCUT2D eigenvalue weighted by atomic mass is 32.2. The zero-order chi connectivity index (χ0) is 12.3. The maximum absolute atomic E-state index is 4.45. The quantitative estimate of drug-likeness (QED) is 0.659. The van der Waals surface area contributed by atoms with Crippen molar-refractivity contribution in [1.82, 2.24) is 9.78 Å². The van der Waals surface area contributed by atoms with Gasteiger partial charge >= 0.3 is 0 Å². The molecule has 16 heavy (non-hydrogen) atoms. The molecule has 4 heteroatoms. The maximum atomic E-state index is 4.45. The van der Waals surface area contributed by atoms with E-state index >= 15 is 0 Å². The van der Waals surface area contributed by atoms with E-state index in [1.165, 1.54) is 5.03 Å². The molecule has 0 aliphatic carbocycles. The van der Waals surface area contributed by atoms with Crippen LogP contribution in [0.4, 0.5) is 0 Å². The second kappa shape index (κ2) is 5.50. The molecule has 1 aromatic rings. The number of rotatable bonds is 4. The summed E-state index contributed by atoms with van der Waals surface area (Å²) in [6.07, 6.45) is 0. The molecule has 0 aliphatic heterocycles. The molecule has 1 rings (SSSR count). The molecule has 0 bridgehead atoms. The Morgan fingerprint density at radius 3 is 2.50 bits per heavy atom. The van der Waals surface area contributed by atoms with Crippen molar-refractivity contribution in [3.63, 3.8) is 0 Å². The normalized spacial score (nSPS) is 14.1. The molecule has 0 radical (unpaired) electrons. The summed E-state index contributed by atoms with van der Waals surface area (Å²) in [4.78, 5) is 0. The molecule has 1 aromatic heterocycles. The lowest BCUT2D eigenvalue weighted by Gasteiger charge is -2.28. The second-order valence-corrected chi connectivity index (χ2v) is 6.71. The van der Waals surface area contributed by atoms with Crippen LogP contribution in [0, 0.1) is 18.3 Å². The minimum absolute atomic E-state index is 0.322. The van der Waals surface area contributed by atoms with Gasteiger partial charge in [0.1, 0.15) is 0 Å². The van der Waals surface area contributed by atoms with E-state index in [9.17, 15) is 0 Å². The van der Waals surface area contributed by atoms with E-state index in [0.717, 1.165) is 17.2 Å². The number of hydrogen-bond acceptors (Lipinski definition) is 3. The molecule has 0 fully saturated rings. The maximum Gasteiger partial charge on any atom is 0.0939 e. The van der Waals surface area contributed by atoms with Gasteiger partial charge < -0.3 is 0 Å². The lowest BCUT2D eigenvalue weighted by atomic mass is 9.83. The first kappa shape index (κ1) is 14.0. The van der Waals surface area contributed by atoms with Crippen molar-refractivity contribution in [1.29, 1.82) is 0 Å². The van der Waals surface area contributed by atoms with E-state index < -0.39 is 0 Å². The van der Waals surface area contributed by atoms with Gasteiger partial charge in [-0.15, -0.1) is 11.8 Å². The molecule has 1 atom stereocenters. The molecule has 0 aromatic carbocycles. The van der Waals surface area contributed by atoms with Gasteiger partial charge in [0.05, 0.1) is 10.7 Å². The van der Waals surface area contributed by atoms with Gasteiger partial charge in [-0.25, -0.2) is 0 Å². The summed E-state index contributed by atoms with van der Waals surface area (Å²) in [7, 11) is 2.00. The number of hydrogen-bond donors (Lipinski definition) is 1. The van der Waals surface area contributed by atoms with Crippen molar-refractivity contribution in [2.75, 3.05) is 11.5 Å². The van der Waals surface area contributed by atoms with Gasteiger partial charge in [0.25, 0.3) is 0 Å². The van der Waals surface area contributed by atoms with Crippen LogP contribution in [0.3, 0.4) is 0 Å². The Labute approximate surface area is 109 Å². The smallest absolute Gasteiger partial charge is 0.0939 e. The number of aromatic nitrogens is 2. The average Bonchev–Trinajstić information content (AvgIpc) is 2.44. The van der Waals surface area contributed by atoms with Gasteiger partial charge in [-0.05, 0) is 30.1 Å². The van der Waals surface area contributed by atoms with Gasteiger partial charge in [0.2, 0.25) is 0 Å². The highest BCUT2D eigenvalue weighted by Crippen LogP contribution is 2.32. The highest BCUT2D eigenvalue weighted by Gasteiger charge is 2.23. The summed E-state index contributed by atoms with van der Waals surface area (Å²) in [6.45, 7) is 8.87. The fourth-order valence-corrected chi connectivity index (χ4v) is 3.81. The van der Waals surface area contributed by atoms with Crippen LogP contribution < -0.4 is 0 Å². The summed E-state index contributed by atoms with van der Waals surface area (Å²) in [6, 6.07) is 2.14. The molecular formula is C12H22N2S2. The van der Waals surface area contributed by atoms with E-state index in [-0.39, 0.29) is 0 Å². The molecule has 0 N–H and O–H groups in total. The Kier molecular flexibility index (Phi) is 4.80. The van der Waals surface area contributed by atoms with Crippen LogP contribution in [-0.2, 0) is 7.05 Å². The fraction of sp³-hybridized carbons (Fsp3) is 0.750. The van der Waals surface area contributed by atoms with Gasteiger partial charge in [-0.2, -0.15) is 17.7 Å². The second-order valence-electron chi connectivity index (χ2n) is 5.30. The lowest BCUT2D eigenvalue weighted by Crippen LogP contribution is -2.24. The van der Waals surface area contributed by atoms with Crippen molar-refractivity contribution >= 4 is 24.4 Å². The first-order valence-electron chi connectivity index (χ1n) is 5.59. The SMILES string of the molecule is Cc1cc(SCC(CS)C(C)(C)C)n(C)n1. The molecule has 0 amide bonds. The Balaban J connectivity index is 2.60. The summed E-state index contributed by atoms with van der Waals surface area (Å²) >= 11 is 6.33. The first-order valence-corrected chi connectivity index (χ1v) is 7.20. The Morgan fingerprint density at radius 2 is 2.12 bits per heavy atom. The zero-order valence-electron chi connectivity index (χ0n) is 10.8. The van der Waals surface area contributed by atoms with Crippen molar-refractivity contribution in [3.05, 3.63) is 11.8 Å². The highest BCUT2D eigenvalue weighted by molar-refractivity contribution is 7.99. The predicted molar refractivity (Wildman–Crippen MR) is 75.5 cm³/mol. The number of thiol groups is 1. The van der Waals surface area contributed by atoms with Crippen LogP contribution in [0.5, 0.6) is 0 Å². The standard InChI is InChI=1S/C12H22N2S2/c1-9-6-11(14(5)13-9)16-8-10(7-15)12(2,3)4/h6,10,15H,7-8H2,1-5H3. The van der Waals surface area contributed by atoms with Crippen molar-refractivity contribution in [2.24, 2.45) is 18.4 Å². The van der Waals surface area contributed by atoms with Crippen molar-refractivity contribution in [3.8, 4) is 0 Å². The minimum Gasteiger partial charge on any atom is -0.262 e. The van der Waals surface area contributed by atoms with E-state index in [4.69, 9.17) is 0 Å². The third kappa shape index (κ3) is 3.74. The molecule has 1 unspecified atom stereocenters. The summed E-state index contributed by atoms with van der Waals surface area (Å²) in [5.74, 6) is 2.66. The molecule has 1 heterocycles. The van der Waals surface area contributed by atoms with Gasteiger partial charge in [0.15, 0.2) is 0 Å². The molecular weight excluding hydrogens is 236 g/mol. The van der Waals surface area contributed by atoms with Gasteiger partial charge in [-0.1, -0.05) is 20.8 Å². The van der Waals surface area contributed by atoms with Gasteiger partial charge in [-0.3, -0.25) is 4.68 Å². The van der Waals surface area contributed by atoms with Crippen LogP contribution in [-0.4, -0.2) is 21.3 Å². The third-order valence-electron chi connectivity index (χ3n) is 2.84. The summed E-state index contributed by atoms with van der Waals surface area (Å²) in [5, 5.41) is 5.60. The van der Waals surface area contributed by atoms with Crippen LogP contribution in [0.25, 0.3) is 0 Å². The third-order valence-corrected chi connectivity index (χ3v) is 4.52. The van der Waals surface area contributed by atoms with Crippen LogP contribution in [0.1, 0.15) is 26.5 Å². The van der Waals surface area contributed by atoms with E-state index in [2.05, 4.69) is 44.6 Å². The fourth-order valence-electron chi connectivity index (χ4n) is 1.48. The molecule has 0 spiro atoms. The minimum atomic E-state index is 0.322. The lowest BCUT2D eigenvalue weighted by molar-refractivity contribution is 0.294. The molecule has 0 saturated carbocycles. The molecule has 2 nitrogen and oxygen atoms in total. The van der Waals surface area contributed by atoms with Crippen molar-refractivity contribution in [2.45, 2.75) is 32.7 Å². The van der Waals surface area contributed by atoms with Crippen LogP contribution in [0.2, 0.25) is 0 Å².